The number of hydrogen-bond acceptors (Lipinski definition) is 2. The molecule has 2 saturated carbocycles. The van der Waals surface area contributed by atoms with Crippen molar-refractivity contribution in [1.82, 2.24) is 4.90 Å². The van der Waals surface area contributed by atoms with Gasteiger partial charge in [0.05, 0.1) is 5.92 Å². The van der Waals surface area contributed by atoms with E-state index in [2.05, 4.69) is 0 Å². The number of aliphatic carboxylic acids is 1. The van der Waals surface area contributed by atoms with E-state index < -0.39 is 23.5 Å². The molecule has 4 nitrogen and oxygen atoms in total. The molecule has 6 heteroatoms. The molecule has 1 aromatic rings. The van der Waals surface area contributed by atoms with Crippen LogP contribution in [0.15, 0.2) is 18.2 Å². The molecule has 0 bridgehead atoms. The maximum absolute atomic E-state index is 13.8. The second kappa shape index (κ2) is 5.91. The lowest BCUT2D eigenvalue weighted by molar-refractivity contribution is -0.143. The van der Waals surface area contributed by atoms with Crippen LogP contribution in [0.2, 0.25) is 0 Å². The fourth-order valence-corrected chi connectivity index (χ4v) is 3.00. The highest BCUT2D eigenvalue weighted by atomic mass is 19.1. The summed E-state index contributed by atoms with van der Waals surface area (Å²) < 4.78 is 27.1. The average Bonchev–Trinajstić information content (AvgIpc) is 3.38. The van der Waals surface area contributed by atoms with Crippen LogP contribution in [0.3, 0.4) is 0 Å². The van der Waals surface area contributed by atoms with Gasteiger partial charge in [-0.15, -0.1) is 0 Å². The summed E-state index contributed by atoms with van der Waals surface area (Å²) in [5, 5.41) is 9.04. The number of benzene rings is 1. The Balaban J connectivity index is 1.70. The van der Waals surface area contributed by atoms with Gasteiger partial charge in [0, 0.05) is 18.5 Å². The summed E-state index contributed by atoms with van der Waals surface area (Å²) in [6.45, 7) is 1.75. The number of carbonyl (C=O) groups is 2. The maximum atomic E-state index is 13.8. The second-order valence-electron chi connectivity index (χ2n) is 6.58. The lowest BCUT2D eigenvalue weighted by atomic mass is 10.1. The highest BCUT2D eigenvalue weighted by molar-refractivity contribution is 5.84. The standard InChI is InChI=1S/C17H19F2NO3/c1-9(17(22)23)8-20(11-3-4-11)16(21)14-7-12(14)13-6-10(18)2-5-15(13)19/h2,5-6,9,11-12,14H,3-4,7-8H2,1H3,(H,22,23)/t9-,12-,14+/m1/s1. The van der Waals surface area contributed by atoms with Gasteiger partial charge in [0.1, 0.15) is 11.6 Å². The summed E-state index contributed by atoms with van der Waals surface area (Å²) in [7, 11) is 0. The van der Waals surface area contributed by atoms with E-state index in [1.165, 1.54) is 0 Å². The lowest BCUT2D eigenvalue weighted by Crippen LogP contribution is -2.39. The number of nitrogens with zero attached hydrogens (tertiary/aromatic N) is 1. The van der Waals surface area contributed by atoms with Crippen LogP contribution in [0.1, 0.15) is 37.7 Å². The molecule has 0 saturated heterocycles. The van der Waals surface area contributed by atoms with E-state index in [0.717, 1.165) is 31.0 Å². The van der Waals surface area contributed by atoms with Gasteiger partial charge in [-0.3, -0.25) is 9.59 Å². The summed E-state index contributed by atoms with van der Waals surface area (Å²) in [6, 6.07) is 3.39. The predicted octanol–water partition coefficient (Wildman–Crippen LogP) is 2.78. The number of rotatable bonds is 6. The number of halogens is 2. The topological polar surface area (TPSA) is 57.6 Å². The molecule has 1 aromatic carbocycles. The van der Waals surface area contributed by atoms with E-state index in [1.807, 2.05) is 0 Å². The summed E-state index contributed by atoms with van der Waals surface area (Å²) in [4.78, 5) is 25.3. The second-order valence-corrected chi connectivity index (χ2v) is 6.58. The third-order valence-electron chi connectivity index (χ3n) is 4.63. The van der Waals surface area contributed by atoms with Crippen molar-refractivity contribution in [2.24, 2.45) is 11.8 Å². The Morgan fingerprint density at radius 1 is 1.35 bits per heavy atom. The van der Waals surface area contributed by atoms with E-state index in [0.29, 0.717) is 6.42 Å². The summed E-state index contributed by atoms with van der Waals surface area (Å²) in [5.41, 5.74) is 0.241. The Bertz CT molecular complexity index is 645. The van der Waals surface area contributed by atoms with Crippen LogP contribution in [0.5, 0.6) is 0 Å². The molecule has 0 radical (unpaired) electrons. The normalized spacial score (nSPS) is 24.1. The molecule has 124 valence electrons. The number of carboxylic acids is 1. The van der Waals surface area contributed by atoms with Gasteiger partial charge >= 0.3 is 5.97 Å². The van der Waals surface area contributed by atoms with Gasteiger partial charge in [-0.1, -0.05) is 6.92 Å². The van der Waals surface area contributed by atoms with Crippen LogP contribution >= 0.6 is 0 Å². The van der Waals surface area contributed by atoms with Crippen LogP contribution < -0.4 is 0 Å². The Hall–Kier alpha value is -1.98. The molecule has 0 aliphatic heterocycles. The van der Waals surface area contributed by atoms with Crippen LogP contribution in [0.4, 0.5) is 8.78 Å². The van der Waals surface area contributed by atoms with Crippen LogP contribution in [0, 0.1) is 23.5 Å². The first-order chi connectivity index (χ1) is 10.9. The van der Waals surface area contributed by atoms with E-state index in [9.17, 15) is 18.4 Å². The Labute approximate surface area is 133 Å². The van der Waals surface area contributed by atoms with Crippen molar-refractivity contribution in [3.63, 3.8) is 0 Å². The van der Waals surface area contributed by atoms with Crippen molar-refractivity contribution in [2.45, 2.75) is 38.1 Å². The quantitative estimate of drug-likeness (QED) is 0.876. The molecule has 0 spiro atoms. The Morgan fingerprint density at radius 3 is 2.65 bits per heavy atom. The third kappa shape index (κ3) is 3.35. The van der Waals surface area contributed by atoms with Crippen molar-refractivity contribution >= 4 is 11.9 Å². The van der Waals surface area contributed by atoms with Crippen LogP contribution in [-0.2, 0) is 9.59 Å². The van der Waals surface area contributed by atoms with E-state index in [1.54, 1.807) is 11.8 Å². The maximum Gasteiger partial charge on any atom is 0.308 e. The summed E-state index contributed by atoms with van der Waals surface area (Å²) >= 11 is 0. The number of hydrogen-bond donors (Lipinski definition) is 1. The largest absolute Gasteiger partial charge is 0.481 e. The number of amides is 1. The molecular weight excluding hydrogens is 304 g/mol. The summed E-state index contributed by atoms with van der Waals surface area (Å²) in [6.07, 6.45) is 2.25. The van der Waals surface area contributed by atoms with Crippen molar-refractivity contribution in [3.05, 3.63) is 35.4 Å². The first-order valence-corrected chi connectivity index (χ1v) is 7.86. The fourth-order valence-electron chi connectivity index (χ4n) is 3.00. The highest BCUT2D eigenvalue weighted by Gasteiger charge is 2.49. The minimum atomic E-state index is -0.938. The molecule has 3 rings (SSSR count). The van der Waals surface area contributed by atoms with Crippen molar-refractivity contribution in [1.29, 1.82) is 0 Å². The lowest BCUT2D eigenvalue weighted by Gasteiger charge is -2.24. The van der Waals surface area contributed by atoms with Crippen molar-refractivity contribution in [3.8, 4) is 0 Å². The molecule has 2 aliphatic carbocycles. The van der Waals surface area contributed by atoms with Crippen LogP contribution in [0.25, 0.3) is 0 Å². The van der Waals surface area contributed by atoms with Gasteiger partial charge in [0.25, 0.3) is 0 Å². The van der Waals surface area contributed by atoms with Gasteiger partial charge < -0.3 is 10.0 Å². The first kappa shape index (κ1) is 15.9. The minimum absolute atomic E-state index is 0.0999. The van der Waals surface area contributed by atoms with Crippen LogP contribution in [-0.4, -0.2) is 34.5 Å². The molecule has 23 heavy (non-hydrogen) atoms. The summed E-state index contributed by atoms with van der Waals surface area (Å²) in [5.74, 6) is -3.39. The zero-order chi connectivity index (χ0) is 16.7. The van der Waals surface area contributed by atoms with E-state index in [4.69, 9.17) is 5.11 Å². The smallest absolute Gasteiger partial charge is 0.308 e. The van der Waals surface area contributed by atoms with Gasteiger partial charge in [0.2, 0.25) is 5.91 Å². The molecule has 0 aromatic heterocycles. The van der Waals surface area contributed by atoms with Gasteiger partial charge in [-0.25, -0.2) is 8.78 Å². The Kier molecular flexibility index (Phi) is 4.08. The SMILES string of the molecule is C[C@H](CN(C(=O)[C@H]1C[C@@H]1c1cc(F)ccc1F)C1CC1)C(=O)O. The van der Waals surface area contributed by atoms with Crippen molar-refractivity contribution < 1.29 is 23.5 Å². The molecule has 1 N–H and O–H groups in total. The van der Waals surface area contributed by atoms with E-state index in [-0.39, 0.29) is 35.9 Å². The molecule has 1 amide bonds. The molecule has 2 fully saturated rings. The number of carboxylic acid groups (broad SMARTS) is 1. The highest BCUT2D eigenvalue weighted by Crippen LogP contribution is 2.50. The molecule has 0 unspecified atom stereocenters. The minimum Gasteiger partial charge on any atom is -0.481 e. The van der Waals surface area contributed by atoms with E-state index >= 15 is 0 Å². The predicted molar refractivity (Wildman–Crippen MR) is 78.7 cm³/mol. The third-order valence-corrected chi connectivity index (χ3v) is 4.63. The molecule has 0 heterocycles. The number of carbonyl (C=O) groups excluding carboxylic acids is 1. The Morgan fingerprint density at radius 2 is 2.04 bits per heavy atom. The average molecular weight is 323 g/mol. The first-order valence-electron chi connectivity index (χ1n) is 7.86. The molecule has 2 aliphatic rings. The molecule has 3 atom stereocenters. The van der Waals surface area contributed by atoms with Gasteiger partial charge in [0.15, 0.2) is 0 Å². The van der Waals surface area contributed by atoms with Gasteiger partial charge in [-0.05, 0) is 48.9 Å². The zero-order valence-electron chi connectivity index (χ0n) is 12.8. The molecular formula is C17H19F2NO3. The fraction of sp³-hybridized carbons (Fsp3) is 0.529. The van der Waals surface area contributed by atoms with Crippen molar-refractivity contribution in [2.75, 3.05) is 6.54 Å². The monoisotopic (exact) mass is 323 g/mol. The zero-order valence-corrected chi connectivity index (χ0v) is 12.8. The van der Waals surface area contributed by atoms with Gasteiger partial charge in [-0.2, -0.15) is 0 Å².